The average Bonchev–Trinajstić information content (AvgIpc) is 2.93. The number of methoxy groups -OCH3 is 1. The number of hydrogen-bond donors (Lipinski definition) is 2. The number of hydrazine groups is 1. The van der Waals surface area contributed by atoms with Gasteiger partial charge in [-0.25, -0.2) is 9.97 Å². The summed E-state index contributed by atoms with van der Waals surface area (Å²) in [4.78, 5) is 9.56. The molecule has 0 saturated heterocycles. The molecule has 18 heavy (non-hydrogen) atoms. The molecule has 2 rings (SSSR count). The highest BCUT2D eigenvalue weighted by Gasteiger charge is 2.12. The summed E-state index contributed by atoms with van der Waals surface area (Å²) in [7, 11) is 1.59. The smallest absolute Gasteiger partial charge is 0.216 e. The van der Waals surface area contributed by atoms with Crippen molar-refractivity contribution in [2.75, 3.05) is 7.11 Å². The van der Waals surface area contributed by atoms with Crippen LogP contribution in [0.5, 0.6) is 5.88 Å². The van der Waals surface area contributed by atoms with E-state index in [4.69, 9.17) is 10.6 Å². The molecule has 2 aromatic heterocycles. The summed E-state index contributed by atoms with van der Waals surface area (Å²) in [6, 6.07) is 5.99. The molecule has 0 fully saturated rings. The highest BCUT2D eigenvalue weighted by atomic mass is 32.1. The molecule has 0 saturated carbocycles. The average molecular weight is 264 g/mol. The predicted octanol–water partition coefficient (Wildman–Crippen LogP) is 1.68. The van der Waals surface area contributed by atoms with Crippen LogP contribution in [0.3, 0.4) is 0 Å². The lowest BCUT2D eigenvalue weighted by atomic mass is 10.1. The summed E-state index contributed by atoms with van der Waals surface area (Å²) in [5, 5.41) is 2.08. The molecular formula is C12H16N4OS. The Hall–Kier alpha value is -1.50. The minimum Gasteiger partial charge on any atom is -0.481 e. The molecule has 0 radical (unpaired) electrons. The third-order valence-corrected chi connectivity index (χ3v) is 3.63. The van der Waals surface area contributed by atoms with Crippen molar-refractivity contribution in [3.8, 4) is 5.88 Å². The Morgan fingerprint density at radius 1 is 1.50 bits per heavy atom. The summed E-state index contributed by atoms with van der Waals surface area (Å²) in [5.74, 6) is 6.14. The van der Waals surface area contributed by atoms with Crippen LogP contribution in [0, 0.1) is 0 Å². The Bertz CT molecular complexity index is 475. The van der Waals surface area contributed by atoms with Gasteiger partial charge in [-0.05, 0) is 24.3 Å². The van der Waals surface area contributed by atoms with Crippen LogP contribution in [0.15, 0.2) is 29.9 Å². The minimum atomic E-state index is 0.00370. The Kier molecular flexibility index (Phi) is 4.63. The van der Waals surface area contributed by atoms with Crippen molar-refractivity contribution in [3.63, 3.8) is 0 Å². The van der Waals surface area contributed by atoms with Gasteiger partial charge in [-0.1, -0.05) is 6.07 Å². The first-order valence-corrected chi connectivity index (χ1v) is 6.56. The fourth-order valence-electron chi connectivity index (χ4n) is 1.71. The molecule has 0 bridgehead atoms. The predicted molar refractivity (Wildman–Crippen MR) is 71.3 cm³/mol. The molecule has 2 aromatic rings. The molecule has 1 atom stereocenters. The van der Waals surface area contributed by atoms with Crippen LogP contribution in [-0.2, 0) is 6.42 Å². The molecule has 0 aliphatic rings. The van der Waals surface area contributed by atoms with E-state index >= 15 is 0 Å². The Balaban J connectivity index is 2.03. The van der Waals surface area contributed by atoms with Gasteiger partial charge in [-0.15, -0.1) is 11.3 Å². The highest BCUT2D eigenvalue weighted by Crippen LogP contribution is 2.20. The van der Waals surface area contributed by atoms with Crippen LogP contribution in [-0.4, -0.2) is 17.1 Å². The molecule has 0 aliphatic heterocycles. The first kappa shape index (κ1) is 12.9. The van der Waals surface area contributed by atoms with Crippen LogP contribution < -0.4 is 16.0 Å². The van der Waals surface area contributed by atoms with Gasteiger partial charge in [0.05, 0.1) is 18.8 Å². The molecular weight excluding hydrogens is 248 g/mol. The fraction of sp³-hybridized carbons (Fsp3) is 0.333. The summed E-state index contributed by atoms with van der Waals surface area (Å²) in [5.41, 5.74) is 3.64. The second-order valence-corrected chi connectivity index (χ2v) is 4.85. The van der Waals surface area contributed by atoms with Gasteiger partial charge in [0.1, 0.15) is 6.33 Å². The Morgan fingerprint density at radius 2 is 2.39 bits per heavy atom. The van der Waals surface area contributed by atoms with E-state index in [9.17, 15) is 0 Å². The second-order valence-electron chi connectivity index (χ2n) is 3.82. The van der Waals surface area contributed by atoms with Crippen LogP contribution in [0.25, 0.3) is 0 Å². The second kappa shape index (κ2) is 6.44. The van der Waals surface area contributed by atoms with E-state index in [-0.39, 0.29) is 6.04 Å². The molecule has 0 spiro atoms. The molecule has 0 aliphatic carbocycles. The number of rotatable bonds is 6. The van der Waals surface area contributed by atoms with E-state index < -0.39 is 0 Å². The van der Waals surface area contributed by atoms with Gasteiger partial charge in [0, 0.05) is 10.9 Å². The number of aromatic nitrogens is 2. The number of nitrogens with zero attached hydrogens (tertiary/aromatic N) is 2. The quantitative estimate of drug-likeness (QED) is 0.613. The summed E-state index contributed by atoms with van der Waals surface area (Å²) < 4.78 is 5.08. The normalized spacial score (nSPS) is 12.3. The van der Waals surface area contributed by atoms with Crippen molar-refractivity contribution in [1.29, 1.82) is 0 Å². The minimum absolute atomic E-state index is 0.00370. The van der Waals surface area contributed by atoms with Crippen molar-refractivity contribution in [2.45, 2.75) is 18.9 Å². The number of ether oxygens (including phenoxy) is 1. The highest BCUT2D eigenvalue weighted by molar-refractivity contribution is 7.09. The van der Waals surface area contributed by atoms with E-state index in [1.54, 1.807) is 24.5 Å². The summed E-state index contributed by atoms with van der Waals surface area (Å²) >= 11 is 1.75. The summed E-state index contributed by atoms with van der Waals surface area (Å²) in [6.07, 6.45) is 3.35. The van der Waals surface area contributed by atoms with Gasteiger partial charge in [0.15, 0.2) is 0 Å². The van der Waals surface area contributed by atoms with E-state index in [0.717, 1.165) is 18.5 Å². The standard InChI is InChI=1S/C12H16N4OS/c1-17-12-7-11(14-8-15-12)10(16-13)5-4-9-3-2-6-18-9/h2-3,6-8,10,16H,4-5,13H2,1H3. The first-order valence-electron chi connectivity index (χ1n) is 5.68. The monoisotopic (exact) mass is 264 g/mol. The maximum absolute atomic E-state index is 5.59. The van der Waals surface area contributed by atoms with Crippen LogP contribution >= 0.6 is 11.3 Å². The van der Waals surface area contributed by atoms with Crippen molar-refractivity contribution in [2.24, 2.45) is 5.84 Å². The molecule has 0 aromatic carbocycles. The Morgan fingerprint density at radius 3 is 3.06 bits per heavy atom. The van der Waals surface area contributed by atoms with Gasteiger partial charge in [-0.3, -0.25) is 11.3 Å². The molecule has 6 heteroatoms. The first-order chi connectivity index (χ1) is 8.83. The van der Waals surface area contributed by atoms with Crippen molar-refractivity contribution < 1.29 is 4.74 Å². The van der Waals surface area contributed by atoms with E-state index in [1.807, 2.05) is 0 Å². The fourth-order valence-corrected chi connectivity index (χ4v) is 2.44. The maximum atomic E-state index is 5.59. The third-order valence-electron chi connectivity index (χ3n) is 2.69. The molecule has 96 valence electrons. The largest absolute Gasteiger partial charge is 0.481 e. The zero-order chi connectivity index (χ0) is 12.8. The number of thiophene rings is 1. The van der Waals surface area contributed by atoms with Crippen molar-refractivity contribution >= 4 is 11.3 Å². The number of nitrogens with two attached hydrogens (primary N) is 1. The lowest BCUT2D eigenvalue weighted by molar-refractivity contribution is 0.393. The lowest BCUT2D eigenvalue weighted by Gasteiger charge is -2.15. The molecule has 1 unspecified atom stereocenters. The third kappa shape index (κ3) is 3.25. The van der Waals surface area contributed by atoms with Gasteiger partial charge in [-0.2, -0.15) is 0 Å². The van der Waals surface area contributed by atoms with Gasteiger partial charge >= 0.3 is 0 Å². The molecule has 5 nitrogen and oxygen atoms in total. The van der Waals surface area contributed by atoms with Crippen LogP contribution in [0.1, 0.15) is 23.0 Å². The maximum Gasteiger partial charge on any atom is 0.216 e. The molecule has 0 amide bonds. The molecule has 2 heterocycles. The van der Waals surface area contributed by atoms with E-state index in [2.05, 4.69) is 32.9 Å². The zero-order valence-corrected chi connectivity index (χ0v) is 11.0. The van der Waals surface area contributed by atoms with Crippen LogP contribution in [0.4, 0.5) is 0 Å². The number of hydrogen-bond acceptors (Lipinski definition) is 6. The lowest BCUT2D eigenvalue weighted by Crippen LogP contribution is -2.29. The van der Waals surface area contributed by atoms with Crippen molar-refractivity contribution in [3.05, 3.63) is 40.5 Å². The van der Waals surface area contributed by atoms with Crippen LogP contribution in [0.2, 0.25) is 0 Å². The van der Waals surface area contributed by atoms with Gasteiger partial charge < -0.3 is 4.74 Å². The summed E-state index contributed by atoms with van der Waals surface area (Å²) in [6.45, 7) is 0. The number of aryl methyl sites for hydroxylation is 1. The molecule has 3 N–H and O–H groups in total. The topological polar surface area (TPSA) is 73.1 Å². The van der Waals surface area contributed by atoms with Gasteiger partial charge in [0.25, 0.3) is 0 Å². The van der Waals surface area contributed by atoms with E-state index in [1.165, 1.54) is 11.2 Å². The Labute approximate surface area is 110 Å². The van der Waals surface area contributed by atoms with Crippen molar-refractivity contribution in [1.82, 2.24) is 15.4 Å². The SMILES string of the molecule is COc1cc(C(CCc2cccs2)NN)ncn1. The van der Waals surface area contributed by atoms with Gasteiger partial charge in [0.2, 0.25) is 5.88 Å². The number of nitrogens with one attached hydrogen (secondary N) is 1. The zero-order valence-electron chi connectivity index (χ0n) is 10.2. The van der Waals surface area contributed by atoms with E-state index in [0.29, 0.717) is 5.88 Å².